The first kappa shape index (κ1) is 13.2. The Balaban J connectivity index is 2.27. The highest BCUT2D eigenvalue weighted by Gasteiger charge is 2.20. The summed E-state index contributed by atoms with van der Waals surface area (Å²) in [6.07, 6.45) is 5.89. The molecule has 1 heterocycles. The molecule has 0 bridgehead atoms. The summed E-state index contributed by atoms with van der Waals surface area (Å²) in [6, 6.07) is 0.0139. The molecule has 1 fully saturated rings. The number of hydrogen-bond donors (Lipinski definition) is 2. The highest BCUT2D eigenvalue weighted by atomic mass is 16.2. The zero-order chi connectivity index (χ0) is 12.0. The number of nitrogens with zero attached hydrogens (tertiary/aromatic N) is 1. The first-order valence-electron chi connectivity index (χ1n) is 5.99. The monoisotopic (exact) mass is 225 g/mol. The van der Waals surface area contributed by atoms with Gasteiger partial charge in [0.2, 0.25) is 5.91 Å². The molecule has 4 heteroatoms. The second kappa shape index (κ2) is 6.66. The first-order valence-corrected chi connectivity index (χ1v) is 5.99. The lowest BCUT2D eigenvalue weighted by Crippen LogP contribution is -2.48. The number of nitrogens with one attached hydrogen (secondary N) is 1. The summed E-state index contributed by atoms with van der Waals surface area (Å²) >= 11 is 0. The van der Waals surface area contributed by atoms with Gasteiger partial charge in [0.05, 0.1) is 6.04 Å². The largest absolute Gasteiger partial charge is 0.353 e. The summed E-state index contributed by atoms with van der Waals surface area (Å²) in [5.74, 6) is -0.0705. The van der Waals surface area contributed by atoms with Crippen molar-refractivity contribution in [2.24, 2.45) is 5.73 Å². The molecule has 2 atom stereocenters. The summed E-state index contributed by atoms with van der Waals surface area (Å²) < 4.78 is 0. The Labute approximate surface area is 97.9 Å². The van der Waals surface area contributed by atoms with Gasteiger partial charge in [-0.25, -0.2) is 0 Å². The third-order valence-electron chi connectivity index (χ3n) is 3.19. The van der Waals surface area contributed by atoms with Crippen molar-refractivity contribution in [1.29, 1.82) is 0 Å². The fraction of sp³-hybridized carbons (Fsp3) is 0.750. The molecule has 3 N–H and O–H groups in total. The van der Waals surface area contributed by atoms with Gasteiger partial charge in [0.25, 0.3) is 0 Å². The topological polar surface area (TPSA) is 58.4 Å². The van der Waals surface area contributed by atoms with E-state index < -0.39 is 6.04 Å². The van der Waals surface area contributed by atoms with E-state index in [1.54, 1.807) is 6.08 Å². The summed E-state index contributed by atoms with van der Waals surface area (Å²) in [7, 11) is 2.11. The first-order chi connectivity index (χ1) is 7.65. The second-order valence-electron chi connectivity index (χ2n) is 4.51. The van der Waals surface area contributed by atoms with Crippen LogP contribution in [0, 0.1) is 0 Å². The fourth-order valence-electron chi connectivity index (χ4n) is 2.04. The molecule has 0 aliphatic carbocycles. The number of carbonyl (C=O) groups is 1. The minimum atomic E-state index is -0.452. The number of carbonyl (C=O) groups excluding carboxylic acids is 1. The molecule has 0 aromatic rings. The van der Waals surface area contributed by atoms with E-state index in [-0.39, 0.29) is 5.91 Å². The van der Waals surface area contributed by atoms with E-state index >= 15 is 0 Å². The molecular weight excluding hydrogens is 202 g/mol. The van der Waals surface area contributed by atoms with Gasteiger partial charge in [-0.15, -0.1) is 6.58 Å². The van der Waals surface area contributed by atoms with E-state index in [0.717, 1.165) is 13.0 Å². The van der Waals surface area contributed by atoms with Crippen molar-refractivity contribution in [3.63, 3.8) is 0 Å². The van der Waals surface area contributed by atoms with Crippen LogP contribution in [0.25, 0.3) is 0 Å². The Hall–Kier alpha value is -0.870. The van der Waals surface area contributed by atoms with Crippen molar-refractivity contribution in [3.05, 3.63) is 12.7 Å². The fourth-order valence-corrected chi connectivity index (χ4v) is 2.04. The molecular formula is C12H23N3O. The van der Waals surface area contributed by atoms with E-state index in [1.165, 1.54) is 12.8 Å². The van der Waals surface area contributed by atoms with Gasteiger partial charge in [-0.1, -0.05) is 12.5 Å². The Bertz CT molecular complexity index is 242. The average molecular weight is 225 g/mol. The number of hydrogen-bond acceptors (Lipinski definition) is 3. The molecule has 1 aliphatic rings. The maximum Gasteiger partial charge on any atom is 0.237 e. The van der Waals surface area contributed by atoms with E-state index in [4.69, 9.17) is 5.73 Å². The smallest absolute Gasteiger partial charge is 0.237 e. The molecule has 1 aliphatic heterocycles. The zero-order valence-electron chi connectivity index (χ0n) is 10.1. The number of likely N-dealkylation sites (tertiary alicyclic amines) is 1. The zero-order valence-corrected chi connectivity index (χ0v) is 10.1. The molecule has 0 radical (unpaired) electrons. The number of rotatable bonds is 5. The predicted molar refractivity (Wildman–Crippen MR) is 66.1 cm³/mol. The normalized spacial score (nSPS) is 23.8. The van der Waals surface area contributed by atoms with Crippen LogP contribution in [0.2, 0.25) is 0 Å². The third kappa shape index (κ3) is 3.94. The molecule has 92 valence electrons. The van der Waals surface area contributed by atoms with Crippen LogP contribution in [0.5, 0.6) is 0 Å². The molecule has 0 spiro atoms. The highest BCUT2D eigenvalue weighted by molar-refractivity contribution is 5.81. The van der Waals surface area contributed by atoms with Gasteiger partial charge in [0.1, 0.15) is 0 Å². The number of piperidine rings is 1. The molecule has 1 amide bonds. The van der Waals surface area contributed by atoms with Gasteiger partial charge < -0.3 is 16.0 Å². The van der Waals surface area contributed by atoms with Crippen LogP contribution in [0.15, 0.2) is 12.7 Å². The minimum Gasteiger partial charge on any atom is -0.353 e. The standard InChI is InChI=1S/C12H23N3O/c1-3-6-11(13)12(16)14-9-10-7-4-5-8-15(10)2/h3,10-11H,1,4-9,13H2,2H3,(H,14,16). The van der Waals surface area contributed by atoms with Crippen molar-refractivity contribution in [1.82, 2.24) is 10.2 Å². The Kier molecular flexibility index (Phi) is 5.49. The Morgan fingerprint density at radius 1 is 1.69 bits per heavy atom. The van der Waals surface area contributed by atoms with Crippen molar-refractivity contribution >= 4 is 5.91 Å². The van der Waals surface area contributed by atoms with Crippen LogP contribution in [0.4, 0.5) is 0 Å². The van der Waals surface area contributed by atoms with Crippen LogP contribution < -0.4 is 11.1 Å². The van der Waals surface area contributed by atoms with Crippen LogP contribution in [0.3, 0.4) is 0 Å². The minimum absolute atomic E-state index is 0.0705. The van der Waals surface area contributed by atoms with Crippen molar-refractivity contribution < 1.29 is 4.79 Å². The van der Waals surface area contributed by atoms with Gasteiger partial charge in [-0.05, 0) is 32.9 Å². The number of nitrogens with two attached hydrogens (primary N) is 1. The lowest BCUT2D eigenvalue weighted by atomic mass is 10.0. The number of amides is 1. The van der Waals surface area contributed by atoms with Crippen molar-refractivity contribution in [3.8, 4) is 0 Å². The molecule has 2 unspecified atom stereocenters. The third-order valence-corrected chi connectivity index (χ3v) is 3.19. The SMILES string of the molecule is C=CCC(N)C(=O)NCC1CCCCN1C. The van der Waals surface area contributed by atoms with Crippen LogP contribution in [-0.2, 0) is 4.79 Å². The maximum atomic E-state index is 11.6. The van der Waals surface area contributed by atoms with E-state index in [9.17, 15) is 4.79 Å². The molecule has 1 rings (SSSR count). The average Bonchev–Trinajstić information content (AvgIpc) is 2.28. The lowest BCUT2D eigenvalue weighted by Gasteiger charge is -2.32. The van der Waals surface area contributed by atoms with Crippen molar-refractivity contribution in [2.75, 3.05) is 20.1 Å². The molecule has 0 saturated carbocycles. The van der Waals surface area contributed by atoms with E-state index in [2.05, 4.69) is 23.8 Å². The second-order valence-corrected chi connectivity index (χ2v) is 4.51. The van der Waals surface area contributed by atoms with Gasteiger partial charge >= 0.3 is 0 Å². The molecule has 4 nitrogen and oxygen atoms in total. The molecule has 0 aromatic heterocycles. The quantitative estimate of drug-likeness (QED) is 0.670. The van der Waals surface area contributed by atoms with Crippen molar-refractivity contribution in [2.45, 2.75) is 37.8 Å². The molecule has 0 aromatic carbocycles. The molecule has 16 heavy (non-hydrogen) atoms. The van der Waals surface area contributed by atoms with Crippen LogP contribution in [-0.4, -0.2) is 43.0 Å². The predicted octanol–water partition coefficient (Wildman–Crippen LogP) is 0.490. The summed E-state index contributed by atoms with van der Waals surface area (Å²) in [6.45, 7) is 5.41. The van der Waals surface area contributed by atoms with Gasteiger partial charge in [0, 0.05) is 12.6 Å². The summed E-state index contributed by atoms with van der Waals surface area (Å²) in [5, 5.41) is 2.91. The van der Waals surface area contributed by atoms with Crippen LogP contribution >= 0.6 is 0 Å². The Morgan fingerprint density at radius 2 is 2.44 bits per heavy atom. The molecule has 1 saturated heterocycles. The maximum absolute atomic E-state index is 11.6. The van der Waals surface area contributed by atoms with Gasteiger partial charge in [-0.3, -0.25) is 4.79 Å². The Morgan fingerprint density at radius 3 is 3.06 bits per heavy atom. The lowest BCUT2D eigenvalue weighted by molar-refractivity contribution is -0.122. The van der Waals surface area contributed by atoms with Gasteiger partial charge in [0.15, 0.2) is 0 Å². The number of likely N-dealkylation sites (N-methyl/N-ethyl adjacent to an activating group) is 1. The summed E-state index contributed by atoms with van der Waals surface area (Å²) in [4.78, 5) is 13.9. The van der Waals surface area contributed by atoms with Crippen LogP contribution in [0.1, 0.15) is 25.7 Å². The van der Waals surface area contributed by atoms with E-state index in [1.807, 2.05) is 0 Å². The van der Waals surface area contributed by atoms with Gasteiger partial charge in [-0.2, -0.15) is 0 Å². The van der Waals surface area contributed by atoms with E-state index in [0.29, 0.717) is 19.0 Å². The highest BCUT2D eigenvalue weighted by Crippen LogP contribution is 2.13. The summed E-state index contributed by atoms with van der Waals surface area (Å²) in [5.41, 5.74) is 5.68.